The Kier molecular flexibility index (Phi) is 3.12. The molecule has 23 heavy (non-hydrogen) atoms. The molecule has 2 aromatic carbocycles. The number of fused-ring (bicyclic) bond motifs is 3. The topological polar surface area (TPSA) is 62.1 Å². The summed E-state index contributed by atoms with van der Waals surface area (Å²) in [6.07, 6.45) is 0. The largest absolute Gasteiger partial charge is 0.496 e. The second-order valence-corrected chi connectivity index (χ2v) is 5.31. The number of aromatic nitrogens is 2. The summed E-state index contributed by atoms with van der Waals surface area (Å²) < 4.78 is 11.0. The van der Waals surface area contributed by atoms with Gasteiger partial charge in [-0.1, -0.05) is 18.2 Å². The lowest BCUT2D eigenvalue weighted by molar-refractivity contribution is 0.410. The Morgan fingerprint density at radius 1 is 0.870 bits per heavy atom. The summed E-state index contributed by atoms with van der Waals surface area (Å²) in [5.41, 5.74) is 3.08. The fourth-order valence-electron chi connectivity index (χ4n) is 2.96. The molecule has 1 heterocycles. The van der Waals surface area contributed by atoms with Crippen molar-refractivity contribution in [2.45, 2.75) is 0 Å². The SMILES string of the molecule is COc1ccc(OC)c2c3[nH][nH]c(Nc4ccccc4)c-3cc12. The highest BCUT2D eigenvalue weighted by molar-refractivity contribution is 6.09. The van der Waals surface area contributed by atoms with Crippen LogP contribution in [0, 0.1) is 0 Å². The fraction of sp³-hybridized carbons (Fsp3) is 0.111. The molecule has 5 nitrogen and oxygen atoms in total. The first-order chi connectivity index (χ1) is 11.3. The van der Waals surface area contributed by atoms with E-state index in [1.165, 1.54) is 0 Å². The molecular formula is C18H17N3O2. The number of ether oxygens (including phenoxy) is 2. The van der Waals surface area contributed by atoms with Crippen LogP contribution in [0.25, 0.3) is 22.0 Å². The smallest absolute Gasteiger partial charge is 0.132 e. The maximum absolute atomic E-state index is 5.51. The molecule has 0 fully saturated rings. The average Bonchev–Trinajstić information content (AvgIpc) is 3.15. The van der Waals surface area contributed by atoms with Crippen molar-refractivity contribution in [3.8, 4) is 22.8 Å². The summed E-state index contributed by atoms with van der Waals surface area (Å²) >= 11 is 0. The van der Waals surface area contributed by atoms with Gasteiger partial charge in [-0.3, -0.25) is 10.2 Å². The summed E-state index contributed by atoms with van der Waals surface area (Å²) in [6.45, 7) is 0. The Bertz CT molecular complexity index is 924. The Morgan fingerprint density at radius 2 is 1.61 bits per heavy atom. The lowest BCUT2D eigenvalue weighted by atomic mass is 10.1. The minimum Gasteiger partial charge on any atom is -0.496 e. The molecule has 1 aliphatic carbocycles. The minimum absolute atomic E-state index is 0.817. The molecule has 4 rings (SSSR count). The Balaban J connectivity index is 1.87. The first-order valence-electron chi connectivity index (χ1n) is 7.37. The molecule has 0 amide bonds. The minimum atomic E-state index is 0.817. The molecule has 0 atom stereocenters. The van der Waals surface area contributed by atoms with Gasteiger partial charge in [0, 0.05) is 16.6 Å². The fourth-order valence-corrected chi connectivity index (χ4v) is 2.96. The molecule has 116 valence electrons. The number of benzene rings is 2. The summed E-state index contributed by atoms with van der Waals surface area (Å²) in [5, 5.41) is 11.9. The molecule has 0 aromatic heterocycles. The molecule has 0 radical (unpaired) electrons. The Labute approximate surface area is 133 Å². The summed E-state index contributed by atoms with van der Waals surface area (Å²) in [5.74, 6) is 2.56. The molecule has 3 N–H and O–H groups in total. The quantitative estimate of drug-likeness (QED) is 0.525. The van der Waals surface area contributed by atoms with Gasteiger partial charge in [0.15, 0.2) is 0 Å². The number of hydrogen-bond donors (Lipinski definition) is 3. The molecule has 1 aliphatic heterocycles. The standard InChI is InChI=1S/C18H17N3O2/c1-22-14-8-9-15(23-2)16-12(14)10-13-17(16)20-21-18(13)19-11-6-4-3-5-7-11/h3-10,19-21H,1-2H3. The van der Waals surface area contributed by atoms with Crippen LogP contribution in [0.5, 0.6) is 11.5 Å². The van der Waals surface area contributed by atoms with Crippen molar-refractivity contribution in [3.63, 3.8) is 0 Å². The van der Waals surface area contributed by atoms with E-state index < -0.39 is 0 Å². The van der Waals surface area contributed by atoms with Gasteiger partial charge in [-0.25, -0.2) is 0 Å². The van der Waals surface area contributed by atoms with E-state index in [9.17, 15) is 0 Å². The van der Waals surface area contributed by atoms with Crippen molar-refractivity contribution in [2.75, 3.05) is 19.5 Å². The number of para-hydroxylation sites is 1. The number of methoxy groups -OCH3 is 2. The second kappa shape index (κ2) is 5.28. The molecule has 0 bridgehead atoms. The predicted octanol–water partition coefficient (Wildman–Crippen LogP) is 4.36. The van der Waals surface area contributed by atoms with Gasteiger partial charge in [-0.15, -0.1) is 0 Å². The average molecular weight is 307 g/mol. The van der Waals surface area contributed by atoms with E-state index in [1.54, 1.807) is 14.2 Å². The van der Waals surface area contributed by atoms with Crippen LogP contribution in [0.2, 0.25) is 0 Å². The van der Waals surface area contributed by atoms with Crippen LogP contribution in [0.1, 0.15) is 0 Å². The van der Waals surface area contributed by atoms with E-state index in [0.29, 0.717) is 0 Å². The molecule has 0 unspecified atom stereocenters. The number of anilines is 2. The van der Waals surface area contributed by atoms with E-state index >= 15 is 0 Å². The Hall–Kier alpha value is -3.08. The maximum Gasteiger partial charge on any atom is 0.132 e. The second-order valence-electron chi connectivity index (χ2n) is 5.31. The van der Waals surface area contributed by atoms with Crippen molar-refractivity contribution in [1.29, 1.82) is 0 Å². The van der Waals surface area contributed by atoms with Crippen molar-refractivity contribution in [1.82, 2.24) is 10.2 Å². The van der Waals surface area contributed by atoms with Gasteiger partial charge in [0.1, 0.15) is 17.3 Å². The van der Waals surface area contributed by atoms with Crippen LogP contribution in [0.3, 0.4) is 0 Å². The van der Waals surface area contributed by atoms with Gasteiger partial charge in [-0.2, -0.15) is 0 Å². The molecular weight excluding hydrogens is 290 g/mol. The monoisotopic (exact) mass is 307 g/mol. The van der Waals surface area contributed by atoms with Crippen LogP contribution in [0.4, 0.5) is 11.5 Å². The van der Waals surface area contributed by atoms with Crippen molar-refractivity contribution in [3.05, 3.63) is 48.5 Å². The molecule has 0 saturated carbocycles. The summed E-state index contributed by atoms with van der Waals surface area (Å²) in [6, 6.07) is 16.0. The zero-order valence-corrected chi connectivity index (χ0v) is 12.9. The van der Waals surface area contributed by atoms with E-state index in [4.69, 9.17) is 9.47 Å². The highest BCUT2D eigenvalue weighted by atomic mass is 16.5. The van der Waals surface area contributed by atoms with Gasteiger partial charge in [-0.05, 0) is 30.3 Å². The van der Waals surface area contributed by atoms with Crippen LogP contribution in [-0.2, 0) is 0 Å². The normalized spacial score (nSPS) is 11.0. The molecule has 5 heteroatoms. The zero-order chi connectivity index (χ0) is 15.8. The van der Waals surface area contributed by atoms with Gasteiger partial charge >= 0.3 is 0 Å². The van der Waals surface area contributed by atoms with Gasteiger partial charge < -0.3 is 14.8 Å². The Morgan fingerprint density at radius 3 is 2.35 bits per heavy atom. The molecule has 2 aromatic rings. The summed E-state index contributed by atoms with van der Waals surface area (Å²) in [4.78, 5) is 0. The first-order valence-corrected chi connectivity index (χ1v) is 7.37. The highest BCUT2D eigenvalue weighted by Gasteiger charge is 2.22. The van der Waals surface area contributed by atoms with E-state index in [1.807, 2.05) is 42.5 Å². The van der Waals surface area contributed by atoms with E-state index in [2.05, 4.69) is 21.6 Å². The third-order valence-electron chi connectivity index (χ3n) is 4.04. The van der Waals surface area contributed by atoms with E-state index in [0.717, 1.165) is 45.0 Å². The number of aromatic amines is 2. The summed E-state index contributed by atoms with van der Waals surface area (Å²) in [7, 11) is 3.35. The maximum atomic E-state index is 5.51. The van der Waals surface area contributed by atoms with Crippen LogP contribution >= 0.6 is 0 Å². The third-order valence-corrected chi connectivity index (χ3v) is 4.04. The van der Waals surface area contributed by atoms with Gasteiger partial charge in [0.2, 0.25) is 0 Å². The number of rotatable bonds is 4. The molecule has 0 saturated heterocycles. The van der Waals surface area contributed by atoms with Crippen molar-refractivity contribution >= 4 is 22.3 Å². The number of nitrogens with one attached hydrogen (secondary N) is 3. The van der Waals surface area contributed by atoms with Crippen LogP contribution in [0.15, 0.2) is 48.5 Å². The lowest BCUT2D eigenvalue weighted by Gasteiger charge is -2.06. The van der Waals surface area contributed by atoms with Crippen LogP contribution < -0.4 is 14.8 Å². The zero-order valence-electron chi connectivity index (χ0n) is 12.9. The number of hydrogen-bond acceptors (Lipinski definition) is 3. The number of H-pyrrole nitrogens is 2. The lowest BCUT2D eigenvalue weighted by Crippen LogP contribution is -1.90. The molecule has 0 spiro atoms. The van der Waals surface area contributed by atoms with Crippen molar-refractivity contribution < 1.29 is 9.47 Å². The van der Waals surface area contributed by atoms with E-state index in [-0.39, 0.29) is 0 Å². The van der Waals surface area contributed by atoms with Gasteiger partial charge in [0.25, 0.3) is 0 Å². The molecule has 2 aliphatic rings. The predicted molar refractivity (Wildman–Crippen MR) is 92.1 cm³/mol. The van der Waals surface area contributed by atoms with Crippen LogP contribution in [-0.4, -0.2) is 24.4 Å². The third kappa shape index (κ3) is 2.09. The van der Waals surface area contributed by atoms with Crippen molar-refractivity contribution in [2.24, 2.45) is 0 Å². The van der Waals surface area contributed by atoms with Gasteiger partial charge in [0.05, 0.1) is 25.3 Å². The highest BCUT2D eigenvalue weighted by Crippen LogP contribution is 2.45. The first kappa shape index (κ1) is 13.6.